The maximum Gasteiger partial charge on any atom is 0.0431 e. The van der Waals surface area contributed by atoms with Gasteiger partial charge in [0.05, 0.1) is 0 Å². The third-order valence-corrected chi connectivity index (χ3v) is 2.81. The maximum absolute atomic E-state index is 8.58. The van der Waals surface area contributed by atoms with Crippen LogP contribution in [0.4, 0.5) is 0 Å². The standard InChI is InChI=1S/C12H25ClO/c13-11-9-7-5-3-1-2-4-6-8-10-12-14/h14H,1-12H2. The van der Waals surface area contributed by atoms with Crippen molar-refractivity contribution in [3.05, 3.63) is 0 Å². The number of aliphatic hydroxyl groups is 1. The molecule has 0 saturated carbocycles. The van der Waals surface area contributed by atoms with E-state index in [9.17, 15) is 0 Å². The van der Waals surface area contributed by atoms with Gasteiger partial charge in [-0.2, -0.15) is 0 Å². The third kappa shape index (κ3) is 12.2. The zero-order valence-corrected chi connectivity index (χ0v) is 10.1. The molecule has 0 heterocycles. The van der Waals surface area contributed by atoms with Gasteiger partial charge in [0.2, 0.25) is 0 Å². The molecule has 0 unspecified atom stereocenters. The van der Waals surface area contributed by atoms with E-state index in [4.69, 9.17) is 16.7 Å². The molecular formula is C12H25ClO. The highest BCUT2D eigenvalue weighted by Crippen LogP contribution is 2.10. The molecule has 0 aliphatic rings. The van der Waals surface area contributed by atoms with Gasteiger partial charge in [0.25, 0.3) is 0 Å². The molecule has 0 rings (SSSR count). The molecule has 0 radical (unpaired) electrons. The van der Waals surface area contributed by atoms with E-state index in [1.54, 1.807) is 0 Å². The van der Waals surface area contributed by atoms with Crippen molar-refractivity contribution in [1.29, 1.82) is 0 Å². The minimum Gasteiger partial charge on any atom is -0.396 e. The van der Waals surface area contributed by atoms with Crippen LogP contribution in [0.1, 0.15) is 64.2 Å². The summed E-state index contributed by atoms with van der Waals surface area (Å²) in [6, 6.07) is 0. The van der Waals surface area contributed by atoms with E-state index in [1.807, 2.05) is 0 Å². The van der Waals surface area contributed by atoms with E-state index >= 15 is 0 Å². The summed E-state index contributed by atoms with van der Waals surface area (Å²) < 4.78 is 0. The van der Waals surface area contributed by atoms with Crippen molar-refractivity contribution in [3.8, 4) is 0 Å². The minimum absolute atomic E-state index is 0.360. The number of aliphatic hydroxyl groups excluding tert-OH is 1. The molecule has 2 heteroatoms. The molecule has 0 aliphatic heterocycles. The molecule has 0 bridgehead atoms. The smallest absolute Gasteiger partial charge is 0.0431 e. The van der Waals surface area contributed by atoms with Crippen LogP contribution in [0.15, 0.2) is 0 Å². The van der Waals surface area contributed by atoms with Gasteiger partial charge >= 0.3 is 0 Å². The van der Waals surface area contributed by atoms with Gasteiger partial charge in [0, 0.05) is 12.5 Å². The van der Waals surface area contributed by atoms with E-state index in [1.165, 1.54) is 57.8 Å². The highest BCUT2D eigenvalue weighted by atomic mass is 35.5. The van der Waals surface area contributed by atoms with Crippen molar-refractivity contribution in [2.75, 3.05) is 12.5 Å². The van der Waals surface area contributed by atoms with Gasteiger partial charge in [-0.15, -0.1) is 11.6 Å². The molecule has 0 spiro atoms. The molecule has 0 aliphatic carbocycles. The van der Waals surface area contributed by atoms with E-state index in [2.05, 4.69) is 0 Å². The lowest BCUT2D eigenvalue weighted by atomic mass is 10.1. The van der Waals surface area contributed by atoms with Gasteiger partial charge in [-0.1, -0.05) is 51.4 Å². The van der Waals surface area contributed by atoms with Gasteiger partial charge in [-0.3, -0.25) is 0 Å². The molecule has 0 amide bonds. The monoisotopic (exact) mass is 220 g/mol. The Bertz CT molecular complexity index is 84.3. The Balaban J connectivity index is 2.78. The Labute approximate surface area is 93.9 Å². The van der Waals surface area contributed by atoms with Gasteiger partial charge in [0.15, 0.2) is 0 Å². The number of alkyl halides is 1. The van der Waals surface area contributed by atoms with Crippen LogP contribution in [0.25, 0.3) is 0 Å². The topological polar surface area (TPSA) is 20.2 Å². The molecule has 0 atom stereocenters. The van der Waals surface area contributed by atoms with Crippen LogP contribution in [0.3, 0.4) is 0 Å². The Kier molecular flexibility index (Phi) is 13.5. The quantitative estimate of drug-likeness (QED) is 0.410. The van der Waals surface area contributed by atoms with Crippen LogP contribution >= 0.6 is 11.6 Å². The molecular weight excluding hydrogens is 196 g/mol. The van der Waals surface area contributed by atoms with Gasteiger partial charge in [-0.05, 0) is 12.8 Å². The Hall–Kier alpha value is 0.250. The first-order chi connectivity index (χ1) is 6.91. The van der Waals surface area contributed by atoms with Crippen molar-refractivity contribution in [3.63, 3.8) is 0 Å². The first-order valence-electron chi connectivity index (χ1n) is 6.08. The first-order valence-corrected chi connectivity index (χ1v) is 6.62. The van der Waals surface area contributed by atoms with Gasteiger partial charge < -0.3 is 5.11 Å². The fourth-order valence-corrected chi connectivity index (χ4v) is 1.81. The van der Waals surface area contributed by atoms with E-state index in [-0.39, 0.29) is 0 Å². The highest BCUT2D eigenvalue weighted by molar-refractivity contribution is 6.17. The second-order valence-electron chi connectivity index (χ2n) is 3.95. The van der Waals surface area contributed by atoms with Crippen molar-refractivity contribution < 1.29 is 5.11 Å². The average Bonchev–Trinajstić information content (AvgIpc) is 2.21. The van der Waals surface area contributed by atoms with Crippen molar-refractivity contribution in [2.24, 2.45) is 0 Å². The van der Waals surface area contributed by atoms with Crippen molar-refractivity contribution in [1.82, 2.24) is 0 Å². The maximum atomic E-state index is 8.58. The van der Waals surface area contributed by atoms with Crippen LogP contribution in [0.2, 0.25) is 0 Å². The molecule has 0 aromatic rings. The molecule has 1 nitrogen and oxygen atoms in total. The molecule has 1 N–H and O–H groups in total. The van der Waals surface area contributed by atoms with Crippen LogP contribution < -0.4 is 0 Å². The Morgan fingerprint density at radius 2 is 0.929 bits per heavy atom. The number of rotatable bonds is 11. The van der Waals surface area contributed by atoms with E-state index in [0.717, 1.165) is 12.3 Å². The van der Waals surface area contributed by atoms with Crippen LogP contribution in [0.5, 0.6) is 0 Å². The number of hydrogen-bond acceptors (Lipinski definition) is 1. The number of halogens is 1. The minimum atomic E-state index is 0.360. The summed E-state index contributed by atoms with van der Waals surface area (Å²) in [7, 11) is 0. The third-order valence-electron chi connectivity index (χ3n) is 2.54. The summed E-state index contributed by atoms with van der Waals surface area (Å²) >= 11 is 5.59. The van der Waals surface area contributed by atoms with Crippen molar-refractivity contribution >= 4 is 11.6 Å². The SMILES string of the molecule is OCCCCCCCCCCCCCl. The van der Waals surface area contributed by atoms with E-state index in [0.29, 0.717) is 6.61 Å². The molecule has 0 aromatic carbocycles. The van der Waals surface area contributed by atoms with Crippen LogP contribution in [-0.2, 0) is 0 Å². The van der Waals surface area contributed by atoms with Crippen LogP contribution in [-0.4, -0.2) is 17.6 Å². The zero-order valence-electron chi connectivity index (χ0n) is 9.31. The number of unbranched alkanes of at least 4 members (excludes halogenated alkanes) is 9. The first kappa shape index (κ1) is 14.2. The molecule has 14 heavy (non-hydrogen) atoms. The van der Waals surface area contributed by atoms with Crippen molar-refractivity contribution in [2.45, 2.75) is 64.2 Å². The Morgan fingerprint density at radius 1 is 0.571 bits per heavy atom. The van der Waals surface area contributed by atoms with Gasteiger partial charge in [-0.25, -0.2) is 0 Å². The molecule has 86 valence electrons. The summed E-state index contributed by atoms with van der Waals surface area (Å²) in [6.45, 7) is 0.360. The molecule has 0 saturated heterocycles. The van der Waals surface area contributed by atoms with E-state index < -0.39 is 0 Å². The normalized spacial score (nSPS) is 10.7. The molecule has 0 fully saturated rings. The summed E-state index contributed by atoms with van der Waals surface area (Å²) in [5.41, 5.74) is 0. The molecule has 0 aromatic heterocycles. The lowest BCUT2D eigenvalue weighted by molar-refractivity contribution is 0.282. The lowest BCUT2D eigenvalue weighted by Crippen LogP contribution is -1.84. The summed E-state index contributed by atoms with van der Waals surface area (Å²) in [4.78, 5) is 0. The van der Waals surface area contributed by atoms with Crippen LogP contribution in [0, 0.1) is 0 Å². The number of hydrogen-bond donors (Lipinski definition) is 1. The zero-order chi connectivity index (χ0) is 10.5. The summed E-state index contributed by atoms with van der Waals surface area (Å²) in [5, 5.41) is 8.58. The predicted molar refractivity (Wildman–Crippen MR) is 64.0 cm³/mol. The largest absolute Gasteiger partial charge is 0.396 e. The second kappa shape index (κ2) is 13.2. The second-order valence-corrected chi connectivity index (χ2v) is 4.33. The Morgan fingerprint density at radius 3 is 1.29 bits per heavy atom. The highest BCUT2D eigenvalue weighted by Gasteiger charge is 1.92. The summed E-state index contributed by atoms with van der Waals surface area (Å²) in [5.74, 6) is 0.821. The lowest BCUT2D eigenvalue weighted by Gasteiger charge is -2.01. The average molecular weight is 221 g/mol. The van der Waals surface area contributed by atoms with Gasteiger partial charge in [0.1, 0.15) is 0 Å². The summed E-state index contributed by atoms with van der Waals surface area (Å²) in [6.07, 6.45) is 12.8. The fourth-order valence-electron chi connectivity index (χ4n) is 1.62. The predicted octanol–water partition coefficient (Wildman–Crippen LogP) is 4.12. The fraction of sp³-hybridized carbons (Fsp3) is 1.00.